The second-order valence-corrected chi connectivity index (χ2v) is 20.4. The maximum Gasteiger partial charge on any atom is 0.220 e. The van der Waals surface area contributed by atoms with Crippen molar-refractivity contribution in [2.45, 2.75) is 314 Å². The Morgan fingerprint density at radius 1 is 0.507 bits per heavy atom. The second-order valence-electron chi connectivity index (χ2n) is 20.4. The van der Waals surface area contributed by atoms with E-state index < -0.39 is 49.5 Å². The number of amides is 1. The number of hydrogen-bond acceptors (Lipinski definition) is 8. The maximum atomic E-state index is 13.0. The third-order valence-electron chi connectivity index (χ3n) is 13.9. The van der Waals surface area contributed by atoms with Crippen molar-refractivity contribution in [3.63, 3.8) is 0 Å². The Bertz CT molecular complexity index is 1220. The SMILES string of the molecule is C/C=C/CC/C=C/CC/C=C/C(O)C(COC1OC(CO)C(O)C(O)C1O)NC(=O)CCCCCCCCCCCCCCCCCCCCCCCCCCC/C=C\CCCCCCCCCC. The van der Waals surface area contributed by atoms with Crippen LogP contribution >= 0.6 is 0 Å². The molecule has 0 saturated carbocycles. The fourth-order valence-corrected chi connectivity index (χ4v) is 9.31. The molecule has 1 amide bonds. The Morgan fingerprint density at radius 3 is 1.30 bits per heavy atom. The highest BCUT2D eigenvalue weighted by atomic mass is 16.7. The van der Waals surface area contributed by atoms with E-state index >= 15 is 0 Å². The van der Waals surface area contributed by atoms with Crippen molar-refractivity contribution in [3.8, 4) is 0 Å². The number of aliphatic hydroxyl groups is 5. The number of ether oxygens (including phenoxy) is 2. The van der Waals surface area contributed by atoms with Gasteiger partial charge in [-0.05, 0) is 64.7 Å². The van der Waals surface area contributed by atoms with Crippen LogP contribution in [0.1, 0.15) is 271 Å². The van der Waals surface area contributed by atoms with Gasteiger partial charge in [0.05, 0.1) is 25.4 Å². The number of rotatable bonds is 50. The van der Waals surface area contributed by atoms with E-state index in [4.69, 9.17) is 9.47 Å². The van der Waals surface area contributed by atoms with E-state index in [9.17, 15) is 30.3 Å². The first-order valence-corrected chi connectivity index (χ1v) is 29.3. The first-order chi connectivity index (χ1) is 33.8. The van der Waals surface area contributed by atoms with E-state index in [1.807, 2.05) is 19.1 Å². The van der Waals surface area contributed by atoms with Gasteiger partial charge in [-0.15, -0.1) is 0 Å². The minimum absolute atomic E-state index is 0.191. The van der Waals surface area contributed by atoms with Gasteiger partial charge in [0.15, 0.2) is 6.29 Å². The quantitative estimate of drug-likeness (QED) is 0.0261. The predicted octanol–water partition coefficient (Wildman–Crippen LogP) is 14.5. The summed E-state index contributed by atoms with van der Waals surface area (Å²) in [7, 11) is 0. The molecule has 9 nitrogen and oxygen atoms in total. The number of hydrogen-bond donors (Lipinski definition) is 6. The topological polar surface area (TPSA) is 149 Å². The Balaban J connectivity index is 2.01. The molecule has 404 valence electrons. The summed E-state index contributed by atoms with van der Waals surface area (Å²) in [5.41, 5.74) is 0. The third-order valence-corrected chi connectivity index (χ3v) is 13.9. The van der Waals surface area contributed by atoms with E-state index in [1.54, 1.807) is 6.08 Å². The van der Waals surface area contributed by atoms with Gasteiger partial charge in [0.2, 0.25) is 5.91 Å². The number of unbranched alkanes of at least 4 members (excludes halogenated alkanes) is 35. The zero-order chi connectivity index (χ0) is 50.1. The monoisotopic (exact) mass is 974 g/mol. The summed E-state index contributed by atoms with van der Waals surface area (Å²) in [6.07, 6.45) is 59.7. The van der Waals surface area contributed by atoms with E-state index in [1.165, 1.54) is 205 Å². The Hall–Kier alpha value is -1.85. The van der Waals surface area contributed by atoms with Gasteiger partial charge < -0.3 is 40.3 Å². The highest BCUT2D eigenvalue weighted by molar-refractivity contribution is 5.76. The molecule has 9 heteroatoms. The molecule has 1 saturated heterocycles. The van der Waals surface area contributed by atoms with Gasteiger partial charge in [-0.2, -0.15) is 0 Å². The summed E-state index contributed by atoms with van der Waals surface area (Å²) < 4.78 is 11.2. The molecular weight excluding hydrogens is 863 g/mol. The zero-order valence-electron chi connectivity index (χ0n) is 44.8. The third kappa shape index (κ3) is 39.4. The van der Waals surface area contributed by atoms with Crippen molar-refractivity contribution < 1.29 is 39.8 Å². The smallest absolute Gasteiger partial charge is 0.220 e. The average Bonchev–Trinajstić information content (AvgIpc) is 3.35. The van der Waals surface area contributed by atoms with Crippen LogP contribution in [0.15, 0.2) is 48.6 Å². The van der Waals surface area contributed by atoms with Crippen LogP contribution in [-0.2, 0) is 14.3 Å². The summed E-state index contributed by atoms with van der Waals surface area (Å²) in [5, 5.41) is 54.1. The molecule has 1 aliphatic rings. The van der Waals surface area contributed by atoms with Crippen LogP contribution in [-0.4, -0.2) is 87.5 Å². The summed E-state index contributed by atoms with van der Waals surface area (Å²) in [6, 6.07) is -0.825. The number of nitrogens with one attached hydrogen (secondary N) is 1. The van der Waals surface area contributed by atoms with Crippen LogP contribution in [0.3, 0.4) is 0 Å². The number of carbonyl (C=O) groups excluding carboxylic acids is 1. The maximum absolute atomic E-state index is 13.0. The highest BCUT2D eigenvalue weighted by Crippen LogP contribution is 2.23. The molecular formula is C60H111NO8. The number of aliphatic hydroxyl groups excluding tert-OH is 5. The largest absolute Gasteiger partial charge is 0.394 e. The van der Waals surface area contributed by atoms with E-state index in [-0.39, 0.29) is 12.5 Å². The molecule has 0 aromatic heterocycles. The van der Waals surface area contributed by atoms with Gasteiger partial charge >= 0.3 is 0 Å². The molecule has 0 aromatic rings. The molecule has 0 bridgehead atoms. The van der Waals surface area contributed by atoms with Gasteiger partial charge in [0.25, 0.3) is 0 Å². The lowest BCUT2D eigenvalue weighted by atomic mass is 9.99. The van der Waals surface area contributed by atoms with Crippen molar-refractivity contribution in [1.82, 2.24) is 5.32 Å². The minimum atomic E-state index is -1.57. The van der Waals surface area contributed by atoms with E-state index in [0.29, 0.717) is 6.42 Å². The molecule has 1 rings (SSSR count). The van der Waals surface area contributed by atoms with Crippen molar-refractivity contribution in [3.05, 3.63) is 48.6 Å². The summed E-state index contributed by atoms with van der Waals surface area (Å²) in [4.78, 5) is 13.0. The molecule has 0 radical (unpaired) electrons. The average molecular weight is 975 g/mol. The van der Waals surface area contributed by atoms with E-state index in [2.05, 4.69) is 42.6 Å². The van der Waals surface area contributed by atoms with Gasteiger partial charge in [0.1, 0.15) is 24.4 Å². The first kappa shape index (κ1) is 65.2. The standard InChI is InChI=1S/C60H111NO8/c1-3-5-7-9-11-13-14-15-16-17-18-19-20-21-22-23-24-25-26-27-28-29-30-31-32-33-34-35-36-37-38-39-40-42-44-46-48-50-56(64)61-53(54(63)49-47-45-43-41-12-10-8-6-4-2)52-68-60-59(67)58(66)57(65)55(51-62)69-60/h4,6,12,17-18,41,47,49,53-55,57-60,62-63,65-67H,3,5,7-11,13-16,19-40,42-46,48,50-52H2,1-2H3,(H,61,64)/b6-4+,18-17-,41-12+,49-47+. The van der Waals surface area contributed by atoms with Crippen LogP contribution in [0, 0.1) is 0 Å². The van der Waals surface area contributed by atoms with Crippen LogP contribution < -0.4 is 5.32 Å². The van der Waals surface area contributed by atoms with Gasteiger partial charge in [-0.1, -0.05) is 248 Å². The fourth-order valence-electron chi connectivity index (χ4n) is 9.31. The molecule has 1 heterocycles. The Labute approximate surface area is 424 Å². The van der Waals surface area contributed by atoms with Crippen molar-refractivity contribution in [2.24, 2.45) is 0 Å². The summed E-state index contributed by atoms with van der Waals surface area (Å²) >= 11 is 0. The fraction of sp³-hybridized carbons (Fsp3) is 0.850. The van der Waals surface area contributed by atoms with Crippen LogP contribution in [0.5, 0.6) is 0 Å². The molecule has 7 atom stereocenters. The zero-order valence-corrected chi connectivity index (χ0v) is 44.8. The molecule has 0 aromatic carbocycles. The highest BCUT2D eigenvalue weighted by Gasteiger charge is 2.44. The minimum Gasteiger partial charge on any atom is -0.394 e. The van der Waals surface area contributed by atoms with Crippen LogP contribution in [0.2, 0.25) is 0 Å². The lowest BCUT2D eigenvalue weighted by Gasteiger charge is -2.40. The van der Waals surface area contributed by atoms with Gasteiger partial charge in [0, 0.05) is 6.42 Å². The van der Waals surface area contributed by atoms with Gasteiger partial charge in [-0.3, -0.25) is 4.79 Å². The summed E-state index contributed by atoms with van der Waals surface area (Å²) in [6.45, 7) is 3.53. The molecule has 0 aliphatic carbocycles. The van der Waals surface area contributed by atoms with Crippen LogP contribution in [0.4, 0.5) is 0 Å². The number of carbonyl (C=O) groups is 1. The number of allylic oxidation sites excluding steroid dienone is 7. The molecule has 1 aliphatic heterocycles. The Morgan fingerprint density at radius 2 is 0.884 bits per heavy atom. The van der Waals surface area contributed by atoms with Crippen molar-refractivity contribution in [1.29, 1.82) is 0 Å². The van der Waals surface area contributed by atoms with Gasteiger partial charge in [-0.25, -0.2) is 0 Å². The molecule has 7 unspecified atom stereocenters. The molecule has 0 spiro atoms. The lowest BCUT2D eigenvalue weighted by molar-refractivity contribution is -0.302. The van der Waals surface area contributed by atoms with Crippen molar-refractivity contribution >= 4 is 5.91 Å². The molecule has 6 N–H and O–H groups in total. The summed E-state index contributed by atoms with van der Waals surface area (Å²) in [5.74, 6) is -0.191. The van der Waals surface area contributed by atoms with E-state index in [0.717, 1.165) is 44.9 Å². The Kier molecular flexibility index (Phi) is 47.0. The lowest BCUT2D eigenvalue weighted by Crippen LogP contribution is -2.60. The first-order valence-electron chi connectivity index (χ1n) is 29.3. The molecule has 1 fully saturated rings. The normalized spacial score (nSPS) is 19.8. The van der Waals surface area contributed by atoms with Crippen LogP contribution in [0.25, 0.3) is 0 Å². The molecule has 69 heavy (non-hydrogen) atoms. The predicted molar refractivity (Wildman–Crippen MR) is 290 cm³/mol. The second kappa shape index (κ2) is 49.7. The van der Waals surface area contributed by atoms with Crippen molar-refractivity contribution in [2.75, 3.05) is 13.2 Å².